The molecule has 3 fully saturated rings. The number of carbonyl (C=O) groups excluding carboxylic acids is 3. The zero-order valence-corrected chi connectivity index (χ0v) is 21.6. The largest absolute Gasteiger partial charge is 0.444 e. The topological polar surface area (TPSA) is 158 Å². The molecule has 4 rings (SSSR count). The summed E-state index contributed by atoms with van der Waals surface area (Å²) in [5.41, 5.74) is -0.929. The molecule has 36 heavy (non-hydrogen) atoms. The Morgan fingerprint density at radius 2 is 1.75 bits per heavy atom. The van der Waals surface area contributed by atoms with Gasteiger partial charge in [-0.2, -0.15) is 0 Å². The lowest BCUT2D eigenvalue weighted by Crippen LogP contribution is -2.57. The van der Waals surface area contributed by atoms with Crippen LogP contribution in [0.3, 0.4) is 0 Å². The molecule has 1 aliphatic carbocycles. The zero-order valence-electron chi connectivity index (χ0n) is 21.6. The Morgan fingerprint density at radius 1 is 1.17 bits per heavy atom. The summed E-state index contributed by atoms with van der Waals surface area (Å²) in [5.74, 6) is 0.437. The second-order valence-corrected chi connectivity index (χ2v) is 11.7. The molecule has 3 aliphatic rings. The minimum atomic E-state index is -1.03. The van der Waals surface area contributed by atoms with Crippen LogP contribution in [0.1, 0.15) is 78.3 Å². The van der Waals surface area contributed by atoms with Crippen LogP contribution in [0.2, 0.25) is 0 Å². The first-order valence-electron chi connectivity index (χ1n) is 12.1. The summed E-state index contributed by atoms with van der Waals surface area (Å²) in [6, 6.07) is 0.855. The Kier molecular flexibility index (Phi) is 6.58. The number of hydroxylamine groups is 2. The highest BCUT2D eigenvalue weighted by Gasteiger charge is 2.63. The number of amides is 4. The molecule has 2 aliphatic heterocycles. The lowest BCUT2D eigenvalue weighted by atomic mass is 9.84. The third kappa shape index (κ3) is 5.84. The number of rotatable bonds is 6. The predicted molar refractivity (Wildman–Crippen MR) is 124 cm³/mol. The van der Waals surface area contributed by atoms with E-state index in [9.17, 15) is 19.6 Å². The molecule has 1 saturated carbocycles. The Labute approximate surface area is 209 Å². The average molecular weight is 509 g/mol. The fourth-order valence-electron chi connectivity index (χ4n) is 4.67. The lowest BCUT2D eigenvalue weighted by Gasteiger charge is -2.35. The number of hydrogen-bond donors (Lipinski definition) is 4. The van der Waals surface area contributed by atoms with E-state index in [2.05, 4.69) is 21.1 Å². The summed E-state index contributed by atoms with van der Waals surface area (Å²) in [5, 5.41) is 23.4. The molecule has 13 nitrogen and oxygen atoms in total. The normalized spacial score (nSPS) is 22.7. The number of urea groups is 1. The van der Waals surface area contributed by atoms with E-state index in [4.69, 9.17) is 14.0 Å². The second-order valence-electron chi connectivity index (χ2n) is 11.7. The first kappa shape index (κ1) is 26.0. The van der Waals surface area contributed by atoms with Crippen LogP contribution in [0, 0.1) is 5.41 Å². The Hall–Kier alpha value is -3.06. The molecule has 3 heterocycles. The van der Waals surface area contributed by atoms with Gasteiger partial charge in [-0.1, -0.05) is 5.16 Å². The van der Waals surface area contributed by atoms with Gasteiger partial charge in [0, 0.05) is 12.6 Å². The van der Waals surface area contributed by atoms with Crippen molar-refractivity contribution in [2.24, 2.45) is 5.41 Å². The summed E-state index contributed by atoms with van der Waals surface area (Å²) in [6.07, 6.45) is 0.142. The van der Waals surface area contributed by atoms with Gasteiger partial charge in [0.1, 0.15) is 16.9 Å². The number of alkyl carbamates (subject to hydrolysis) is 2. The van der Waals surface area contributed by atoms with Gasteiger partial charge in [0.25, 0.3) is 0 Å². The monoisotopic (exact) mass is 508 g/mol. The number of nitrogens with one attached hydrogen (secondary N) is 3. The molecule has 1 aromatic rings. The van der Waals surface area contributed by atoms with Crippen LogP contribution < -0.4 is 16.0 Å². The van der Waals surface area contributed by atoms with E-state index < -0.39 is 35.7 Å². The number of nitrogens with zero attached hydrogens (tertiary/aromatic N) is 3. The number of aromatic nitrogens is 1. The molecule has 0 radical (unpaired) electrons. The molecule has 2 saturated heterocycles. The summed E-state index contributed by atoms with van der Waals surface area (Å²) >= 11 is 0. The van der Waals surface area contributed by atoms with Crippen molar-refractivity contribution in [2.45, 2.75) is 96.9 Å². The van der Waals surface area contributed by atoms with Crippen molar-refractivity contribution >= 4 is 18.2 Å². The summed E-state index contributed by atoms with van der Waals surface area (Å²) in [6.45, 7) is 10.9. The van der Waals surface area contributed by atoms with Crippen molar-refractivity contribution in [1.82, 2.24) is 31.1 Å². The predicted octanol–water partition coefficient (Wildman–Crippen LogP) is 2.82. The van der Waals surface area contributed by atoms with E-state index in [1.54, 1.807) is 52.5 Å². The van der Waals surface area contributed by atoms with Crippen molar-refractivity contribution in [3.63, 3.8) is 0 Å². The van der Waals surface area contributed by atoms with Crippen LogP contribution in [0.5, 0.6) is 0 Å². The van der Waals surface area contributed by atoms with Crippen LogP contribution in [0.25, 0.3) is 0 Å². The van der Waals surface area contributed by atoms with Gasteiger partial charge < -0.3 is 18.9 Å². The summed E-state index contributed by atoms with van der Waals surface area (Å²) < 4.78 is 16.0. The van der Waals surface area contributed by atoms with Crippen LogP contribution in [-0.4, -0.2) is 68.6 Å². The Morgan fingerprint density at radius 3 is 2.28 bits per heavy atom. The number of ether oxygens (including phenoxy) is 2. The molecule has 0 aromatic carbocycles. The van der Waals surface area contributed by atoms with E-state index >= 15 is 0 Å². The van der Waals surface area contributed by atoms with Gasteiger partial charge in [0.15, 0.2) is 12.0 Å². The maximum atomic E-state index is 12.5. The maximum absolute atomic E-state index is 12.5. The van der Waals surface area contributed by atoms with Crippen LogP contribution in [0.15, 0.2) is 10.6 Å². The molecule has 0 unspecified atom stereocenters. The van der Waals surface area contributed by atoms with Gasteiger partial charge in [-0.15, -0.1) is 0 Å². The first-order valence-corrected chi connectivity index (χ1v) is 12.1. The van der Waals surface area contributed by atoms with E-state index in [1.807, 2.05) is 0 Å². The lowest BCUT2D eigenvalue weighted by molar-refractivity contribution is -0.0782. The van der Waals surface area contributed by atoms with Gasteiger partial charge in [0.05, 0.1) is 18.6 Å². The molecule has 200 valence electrons. The van der Waals surface area contributed by atoms with Crippen molar-refractivity contribution in [3.05, 3.63) is 17.5 Å². The third-order valence-corrected chi connectivity index (χ3v) is 6.40. The summed E-state index contributed by atoms with van der Waals surface area (Å²) in [4.78, 5) is 38.7. The van der Waals surface area contributed by atoms with Gasteiger partial charge in [-0.25, -0.2) is 19.4 Å². The molecule has 1 aromatic heterocycles. The van der Waals surface area contributed by atoms with Crippen molar-refractivity contribution in [1.29, 1.82) is 0 Å². The van der Waals surface area contributed by atoms with Crippen molar-refractivity contribution < 1.29 is 33.6 Å². The van der Waals surface area contributed by atoms with E-state index in [0.29, 0.717) is 24.4 Å². The Balaban J connectivity index is 1.41. The average Bonchev–Trinajstić information content (AvgIpc) is 3.22. The fourth-order valence-corrected chi connectivity index (χ4v) is 4.67. The van der Waals surface area contributed by atoms with Gasteiger partial charge in [-0.3, -0.25) is 21.2 Å². The molecular weight excluding hydrogens is 472 g/mol. The van der Waals surface area contributed by atoms with Gasteiger partial charge in [-0.05, 0) is 66.2 Å². The minimum absolute atomic E-state index is 0.0702. The molecule has 13 heteroatoms. The van der Waals surface area contributed by atoms with Crippen LogP contribution >= 0.6 is 0 Å². The highest BCUT2D eigenvalue weighted by molar-refractivity contribution is 5.77. The molecular formula is C23H36N6O7. The number of fused-ring (bicyclic) bond motifs is 3. The van der Waals surface area contributed by atoms with Crippen LogP contribution in [0.4, 0.5) is 14.4 Å². The van der Waals surface area contributed by atoms with Gasteiger partial charge in [0.2, 0.25) is 0 Å². The number of carbonyl (C=O) groups is 3. The molecule has 4 N–H and O–H groups in total. The highest BCUT2D eigenvalue weighted by Crippen LogP contribution is 2.61. The van der Waals surface area contributed by atoms with Crippen molar-refractivity contribution in [2.75, 3.05) is 6.54 Å². The van der Waals surface area contributed by atoms with Gasteiger partial charge >= 0.3 is 18.2 Å². The van der Waals surface area contributed by atoms with E-state index in [1.165, 1.54) is 0 Å². The smallest absolute Gasteiger partial charge is 0.410 e. The standard InChI is InChI=1S/C23H36N6O7/c1-21(2,3)34-18(30)25-17(26-19(31)35-22(4,5)6)24-11-13-9-14(27-36-13)15-10-23(7-8-23)16-12-28(15)20(32)29(16)33/h9,15-17,24,33H,7-8,10-12H2,1-6H3,(H,25,30)(H,26,31)/t15-,16-/m0/s1. The fraction of sp³-hybridized carbons (Fsp3) is 0.739. The molecule has 1 spiro atoms. The third-order valence-electron chi connectivity index (χ3n) is 6.40. The Bertz CT molecular complexity index is 979. The minimum Gasteiger partial charge on any atom is -0.444 e. The molecule has 2 atom stereocenters. The van der Waals surface area contributed by atoms with Crippen LogP contribution in [-0.2, 0) is 16.0 Å². The SMILES string of the molecule is CC(C)(C)OC(=O)NC(NCc1cc([C@@H]2CC3(CC3)[C@@H]3CN2C(=O)N3O)no1)NC(=O)OC(C)(C)C. The van der Waals surface area contributed by atoms with Crippen molar-refractivity contribution in [3.8, 4) is 0 Å². The molecule has 4 amide bonds. The van der Waals surface area contributed by atoms with E-state index in [-0.39, 0.29) is 24.0 Å². The zero-order chi connectivity index (χ0) is 26.5. The highest BCUT2D eigenvalue weighted by atomic mass is 16.6. The maximum Gasteiger partial charge on any atom is 0.410 e. The number of piperidine rings is 1. The second kappa shape index (κ2) is 9.11. The summed E-state index contributed by atoms with van der Waals surface area (Å²) in [7, 11) is 0. The first-order chi connectivity index (χ1) is 16.7. The molecule has 2 bridgehead atoms. The quantitative estimate of drug-likeness (QED) is 0.335. The van der Waals surface area contributed by atoms with E-state index in [0.717, 1.165) is 17.9 Å². The number of hydrogen-bond acceptors (Lipinski definition) is 9.